The van der Waals surface area contributed by atoms with Gasteiger partial charge in [-0.25, -0.2) is 4.39 Å². The van der Waals surface area contributed by atoms with Crippen LogP contribution < -0.4 is 10.1 Å². The summed E-state index contributed by atoms with van der Waals surface area (Å²) < 4.78 is 20.6. The Morgan fingerprint density at radius 1 is 1.27 bits per heavy atom. The number of benzene rings is 2. The van der Waals surface area contributed by atoms with Crippen molar-refractivity contribution in [3.8, 4) is 5.75 Å². The zero-order chi connectivity index (χ0) is 20.9. The molecule has 0 radical (unpaired) electrons. The van der Waals surface area contributed by atoms with Gasteiger partial charge in [0.1, 0.15) is 11.6 Å². The van der Waals surface area contributed by atoms with E-state index in [2.05, 4.69) is 22.5 Å². The van der Waals surface area contributed by atoms with Crippen molar-refractivity contribution in [2.75, 3.05) is 6.61 Å². The van der Waals surface area contributed by atoms with Crippen LogP contribution in [0.25, 0.3) is 0 Å². The van der Waals surface area contributed by atoms with Crippen molar-refractivity contribution in [2.24, 2.45) is 0 Å². The normalized spacial score (nSPS) is 15.5. The number of hydrogen-bond acceptors (Lipinski definition) is 3. The van der Waals surface area contributed by atoms with Crippen molar-refractivity contribution >= 4 is 17.5 Å². The van der Waals surface area contributed by atoms with Gasteiger partial charge in [0.2, 0.25) is 5.91 Å². The average molecular weight is 428 g/mol. The van der Waals surface area contributed by atoms with E-state index in [1.165, 1.54) is 29.5 Å². The lowest BCUT2D eigenvalue weighted by Gasteiger charge is -2.24. The molecule has 30 heavy (non-hydrogen) atoms. The van der Waals surface area contributed by atoms with E-state index in [1.54, 1.807) is 0 Å². The molecule has 1 N–H and O–H groups in total. The third-order valence-electron chi connectivity index (χ3n) is 5.25. The van der Waals surface area contributed by atoms with Gasteiger partial charge in [0, 0.05) is 11.3 Å². The van der Waals surface area contributed by atoms with Gasteiger partial charge in [-0.15, -0.1) is 0 Å². The van der Waals surface area contributed by atoms with Crippen molar-refractivity contribution in [1.29, 1.82) is 0 Å². The van der Waals surface area contributed by atoms with Gasteiger partial charge < -0.3 is 10.1 Å². The molecule has 156 valence electrons. The highest BCUT2D eigenvalue weighted by Gasteiger charge is 2.25. The van der Waals surface area contributed by atoms with E-state index in [0.29, 0.717) is 5.75 Å². The number of rotatable bonds is 7. The van der Waals surface area contributed by atoms with Crippen LogP contribution in [0.3, 0.4) is 0 Å². The highest BCUT2D eigenvalue weighted by molar-refractivity contribution is 6.32. The smallest absolute Gasteiger partial charge is 0.223 e. The number of amides is 1. The summed E-state index contributed by atoms with van der Waals surface area (Å²) in [5.41, 5.74) is 3.48. The molecule has 0 saturated carbocycles. The Hall–Kier alpha value is -2.86. The van der Waals surface area contributed by atoms with Gasteiger partial charge in [-0.2, -0.15) is 5.10 Å². The molecule has 0 saturated heterocycles. The number of nitrogens with one attached hydrogen (secondary N) is 1. The Morgan fingerprint density at radius 3 is 2.90 bits per heavy atom. The molecule has 1 atom stereocenters. The predicted octanol–water partition coefficient (Wildman–Crippen LogP) is 4.69. The maximum Gasteiger partial charge on any atom is 0.223 e. The number of hydrogen-bond donors (Lipinski definition) is 1. The van der Waals surface area contributed by atoms with Crippen molar-refractivity contribution < 1.29 is 13.9 Å². The lowest BCUT2D eigenvalue weighted by atomic mass is 9.92. The van der Waals surface area contributed by atoms with E-state index >= 15 is 0 Å². The van der Waals surface area contributed by atoms with Crippen molar-refractivity contribution in [1.82, 2.24) is 15.1 Å². The zero-order valence-electron chi connectivity index (χ0n) is 16.5. The summed E-state index contributed by atoms with van der Waals surface area (Å²) in [6, 6.07) is 14.1. The monoisotopic (exact) mass is 427 g/mol. The van der Waals surface area contributed by atoms with Gasteiger partial charge in [-0.05, 0) is 43.0 Å². The van der Waals surface area contributed by atoms with Crippen LogP contribution in [0.15, 0.2) is 54.7 Å². The maximum atomic E-state index is 13.1. The van der Waals surface area contributed by atoms with Crippen LogP contribution in [0.2, 0.25) is 5.02 Å². The molecule has 1 aliphatic rings. The molecule has 1 amide bonds. The Morgan fingerprint density at radius 2 is 2.10 bits per heavy atom. The fraction of sp³-hybridized carbons (Fsp3) is 0.304. The number of aromatic nitrogens is 2. The Balaban J connectivity index is 1.34. The molecule has 0 unspecified atom stereocenters. The first-order valence-electron chi connectivity index (χ1n) is 10.1. The molecule has 5 nitrogen and oxygen atoms in total. The summed E-state index contributed by atoms with van der Waals surface area (Å²) in [5.74, 6) is -0.152. The average Bonchev–Trinajstić information content (AvgIpc) is 3.14. The molecule has 0 spiro atoms. The number of fused-ring (bicyclic) bond motifs is 1. The number of halogens is 2. The van der Waals surface area contributed by atoms with Gasteiger partial charge >= 0.3 is 0 Å². The summed E-state index contributed by atoms with van der Waals surface area (Å²) in [5, 5.41) is 7.85. The summed E-state index contributed by atoms with van der Waals surface area (Å²) in [7, 11) is 0. The predicted molar refractivity (Wildman–Crippen MR) is 113 cm³/mol. The Kier molecular flexibility index (Phi) is 6.33. The standard InChI is InChI=1S/C23H23ClFN3O2/c24-19-13-17(25)9-10-22(19)30-12-11-23(29)27-20-7-4-8-21-18(20)14-26-28(21)15-16-5-2-1-3-6-16/h1-3,5-6,9-10,13-14,20H,4,7-8,11-12,15H2,(H,27,29)/t20-/m0/s1. The first kappa shape index (κ1) is 20.4. The van der Waals surface area contributed by atoms with Crippen molar-refractivity contribution in [2.45, 2.75) is 38.3 Å². The largest absolute Gasteiger partial charge is 0.491 e. The number of carbonyl (C=O) groups excluding carboxylic acids is 1. The van der Waals surface area contributed by atoms with E-state index < -0.39 is 5.82 Å². The molecular weight excluding hydrogens is 405 g/mol. The molecule has 0 fully saturated rings. The molecule has 1 aliphatic carbocycles. The Labute approximate surface area is 179 Å². The van der Waals surface area contributed by atoms with Crippen LogP contribution in [-0.4, -0.2) is 22.3 Å². The molecule has 1 aromatic heterocycles. The van der Waals surface area contributed by atoms with Gasteiger partial charge in [-0.1, -0.05) is 41.9 Å². The van der Waals surface area contributed by atoms with Crippen molar-refractivity contribution in [3.63, 3.8) is 0 Å². The molecule has 4 rings (SSSR count). The third kappa shape index (κ3) is 4.82. The summed E-state index contributed by atoms with van der Waals surface area (Å²) in [6.07, 6.45) is 4.91. The molecule has 0 aliphatic heterocycles. The number of nitrogens with zero attached hydrogens (tertiary/aromatic N) is 2. The second-order valence-corrected chi connectivity index (χ2v) is 7.78. The van der Waals surface area contributed by atoms with Crippen LogP contribution in [0, 0.1) is 5.82 Å². The van der Waals surface area contributed by atoms with Crippen LogP contribution in [0.5, 0.6) is 5.75 Å². The van der Waals surface area contributed by atoms with E-state index in [1.807, 2.05) is 29.1 Å². The topological polar surface area (TPSA) is 56.1 Å². The molecule has 7 heteroatoms. The van der Waals surface area contributed by atoms with Gasteiger partial charge in [0.15, 0.2) is 0 Å². The summed E-state index contributed by atoms with van der Waals surface area (Å²) in [4.78, 5) is 12.4. The van der Waals surface area contributed by atoms with E-state index in [0.717, 1.165) is 31.4 Å². The zero-order valence-corrected chi connectivity index (χ0v) is 17.2. The molecule has 3 aromatic rings. The second kappa shape index (κ2) is 9.30. The lowest BCUT2D eigenvalue weighted by Crippen LogP contribution is -2.31. The SMILES string of the molecule is O=C(CCOc1ccc(F)cc1Cl)N[C@H]1CCCc2c1cnn2Cc1ccccc1. The van der Waals surface area contributed by atoms with Crippen molar-refractivity contribution in [3.05, 3.63) is 82.4 Å². The highest BCUT2D eigenvalue weighted by atomic mass is 35.5. The van der Waals surface area contributed by atoms with Crippen LogP contribution in [0.1, 0.15) is 42.1 Å². The first-order chi connectivity index (χ1) is 14.6. The first-order valence-corrected chi connectivity index (χ1v) is 10.4. The molecular formula is C23H23ClFN3O2. The van der Waals surface area contributed by atoms with Gasteiger partial charge in [-0.3, -0.25) is 9.48 Å². The molecule has 1 heterocycles. The van der Waals surface area contributed by atoms with Crippen LogP contribution >= 0.6 is 11.6 Å². The fourth-order valence-corrected chi connectivity index (χ4v) is 4.00. The Bertz CT molecular complexity index is 1020. The van der Waals surface area contributed by atoms with E-state index in [4.69, 9.17) is 16.3 Å². The van der Waals surface area contributed by atoms with Crippen LogP contribution in [0.4, 0.5) is 4.39 Å². The molecule has 2 aromatic carbocycles. The lowest BCUT2D eigenvalue weighted by molar-refractivity contribution is -0.122. The summed E-state index contributed by atoms with van der Waals surface area (Å²) in [6.45, 7) is 0.896. The van der Waals surface area contributed by atoms with E-state index in [-0.39, 0.29) is 30.0 Å². The minimum absolute atomic E-state index is 0.0415. The van der Waals surface area contributed by atoms with Crippen LogP contribution in [-0.2, 0) is 17.8 Å². The maximum absolute atomic E-state index is 13.1. The van der Waals surface area contributed by atoms with E-state index in [9.17, 15) is 9.18 Å². The minimum Gasteiger partial charge on any atom is -0.491 e. The number of ether oxygens (including phenoxy) is 1. The highest BCUT2D eigenvalue weighted by Crippen LogP contribution is 2.30. The number of carbonyl (C=O) groups is 1. The summed E-state index contributed by atoms with van der Waals surface area (Å²) >= 11 is 5.94. The third-order valence-corrected chi connectivity index (χ3v) is 5.55. The quantitative estimate of drug-likeness (QED) is 0.595. The van der Waals surface area contributed by atoms with Gasteiger partial charge in [0.25, 0.3) is 0 Å². The minimum atomic E-state index is -0.425. The molecule has 0 bridgehead atoms. The van der Waals surface area contributed by atoms with Gasteiger partial charge in [0.05, 0.1) is 36.8 Å². The second-order valence-electron chi connectivity index (χ2n) is 7.38. The fourth-order valence-electron chi connectivity index (χ4n) is 3.77.